The van der Waals surface area contributed by atoms with Crippen molar-refractivity contribution in [2.45, 2.75) is 79.2 Å². The smallest absolute Gasteiger partial charge is 0.421 e. The number of piperazine rings is 1. The molecule has 0 unspecified atom stereocenters. The highest BCUT2D eigenvalue weighted by Gasteiger charge is 2.35. The highest BCUT2D eigenvalue weighted by molar-refractivity contribution is 6.36. The van der Waals surface area contributed by atoms with Gasteiger partial charge in [0, 0.05) is 38.8 Å². The van der Waals surface area contributed by atoms with Gasteiger partial charge >= 0.3 is 12.2 Å². The van der Waals surface area contributed by atoms with E-state index in [1.54, 1.807) is 38.8 Å². The third-order valence-corrected chi connectivity index (χ3v) is 8.81. The third-order valence-electron chi connectivity index (χ3n) is 8.43. The standard InChI is InChI=1S/C38H45ClN10O5/c1-10-45(23-25-11-13-28(52-9)14-12-25)34-44-33(43-32-27(20-41)21-42-49(32)34)48(36(51)54-38(6,7)8)30-18-26(19-40)17-29(31(30)39)47-16-15-46(22-24(47)2)35(50)53-37(3,4)5/h11-14,17-18,21,24H,10,15-16,22-23H2,1-9H3/t24-/m0/s1. The molecule has 0 radical (unpaired) electrons. The van der Waals surface area contributed by atoms with Crippen LogP contribution in [0.1, 0.15) is 72.1 Å². The van der Waals surface area contributed by atoms with Gasteiger partial charge in [-0.2, -0.15) is 30.1 Å². The number of ether oxygens (including phenoxy) is 3. The topological polar surface area (TPSA) is 165 Å². The van der Waals surface area contributed by atoms with Crippen LogP contribution in [0.4, 0.5) is 32.9 Å². The molecule has 1 atom stereocenters. The Morgan fingerprint density at radius 1 is 1.00 bits per heavy atom. The van der Waals surface area contributed by atoms with E-state index in [2.05, 4.69) is 22.2 Å². The highest BCUT2D eigenvalue weighted by Crippen LogP contribution is 2.41. The molecule has 54 heavy (non-hydrogen) atoms. The lowest BCUT2D eigenvalue weighted by molar-refractivity contribution is 0.0218. The second-order valence-electron chi connectivity index (χ2n) is 14.8. The van der Waals surface area contributed by atoms with Crippen LogP contribution in [0.15, 0.2) is 42.6 Å². The van der Waals surface area contributed by atoms with Crippen LogP contribution in [0, 0.1) is 22.7 Å². The first-order chi connectivity index (χ1) is 25.5. The van der Waals surface area contributed by atoms with E-state index in [4.69, 9.17) is 30.8 Å². The van der Waals surface area contributed by atoms with Crippen molar-refractivity contribution >= 4 is 52.7 Å². The number of benzene rings is 2. The van der Waals surface area contributed by atoms with Crippen molar-refractivity contribution in [3.05, 3.63) is 64.3 Å². The van der Waals surface area contributed by atoms with Gasteiger partial charge in [0.25, 0.3) is 0 Å². The van der Waals surface area contributed by atoms with Gasteiger partial charge in [-0.15, -0.1) is 0 Å². The molecule has 3 heterocycles. The summed E-state index contributed by atoms with van der Waals surface area (Å²) in [6, 6.07) is 14.8. The van der Waals surface area contributed by atoms with E-state index in [0.29, 0.717) is 50.1 Å². The molecule has 15 nitrogen and oxygen atoms in total. The molecule has 2 aromatic heterocycles. The number of halogens is 1. The van der Waals surface area contributed by atoms with Gasteiger partial charge in [-0.25, -0.2) is 14.5 Å². The van der Waals surface area contributed by atoms with Crippen molar-refractivity contribution in [1.82, 2.24) is 24.5 Å². The highest BCUT2D eigenvalue weighted by atomic mass is 35.5. The number of nitriles is 2. The predicted octanol–water partition coefficient (Wildman–Crippen LogP) is 7.07. The summed E-state index contributed by atoms with van der Waals surface area (Å²) in [5, 5.41) is 24.8. The van der Waals surface area contributed by atoms with E-state index in [0.717, 1.165) is 10.5 Å². The Morgan fingerprint density at radius 2 is 1.69 bits per heavy atom. The molecule has 0 spiro atoms. The molecule has 1 fully saturated rings. The zero-order chi connectivity index (χ0) is 39.5. The number of hydrogen-bond donors (Lipinski definition) is 0. The number of methoxy groups -OCH3 is 1. The molecule has 0 N–H and O–H groups in total. The summed E-state index contributed by atoms with van der Waals surface area (Å²) in [7, 11) is 1.60. The van der Waals surface area contributed by atoms with Crippen molar-refractivity contribution in [3.63, 3.8) is 0 Å². The molecular weight excluding hydrogens is 712 g/mol. The van der Waals surface area contributed by atoms with Gasteiger partial charge in [0.15, 0.2) is 5.65 Å². The van der Waals surface area contributed by atoms with E-state index in [1.165, 1.54) is 16.8 Å². The lowest BCUT2D eigenvalue weighted by atomic mass is 10.1. The SMILES string of the molecule is CCN(Cc1ccc(OC)cc1)c1nc(N(C(=O)OC(C)(C)C)c2cc(C#N)cc(N3CCN(C(=O)OC(C)(C)C)C[C@@H]3C)c2Cl)nc2c(C#N)cnn12. The Kier molecular flexibility index (Phi) is 11.4. The molecule has 2 aromatic carbocycles. The van der Waals surface area contributed by atoms with Gasteiger partial charge in [-0.1, -0.05) is 23.7 Å². The molecule has 1 aliphatic rings. The second kappa shape index (κ2) is 15.7. The molecule has 0 saturated carbocycles. The van der Waals surface area contributed by atoms with Crippen LogP contribution in [-0.4, -0.2) is 87.2 Å². The van der Waals surface area contributed by atoms with Crippen LogP contribution in [0.5, 0.6) is 5.75 Å². The minimum Gasteiger partial charge on any atom is -0.497 e. The molecule has 2 amide bonds. The molecule has 5 rings (SSSR count). The normalized spacial score (nSPS) is 14.6. The Labute approximate surface area is 320 Å². The van der Waals surface area contributed by atoms with Crippen LogP contribution in [0.3, 0.4) is 0 Å². The second-order valence-corrected chi connectivity index (χ2v) is 15.2. The Bertz CT molecular complexity index is 2110. The summed E-state index contributed by atoms with van der Waals surface area (Å²) in [6.07, 6.45) is 0.103. The van der Waals surface area contributed by atoms with Crippen LogP contribution in [-0.2, 0) is 16.0 Å². The number of carbonyl (C=O) groups is 2. The largest absolute Gasteiger partial charge is 0.497 e. The van der Waals surface area contributed by atoms with Gasteiger partial charge in [0.1, 0.15) is 28.6 Å². The van der Waals surface area contributed by atoms with Gasteiger partial charge in [-0.05, 0) is 85.2 Å². The van der Waals surface area contributed by atoms with E-state index in [1.807, 2.05) is 68.7 Å². The van der Waals surface area contributed by atoms with Crippen molar-refractivity contribution < 1.29 is 23.8 Å². The molecule has 16 heteroatoms. The maximum Gasteiger partial charge on any atom is 0.421 e. The first-order valence-corrected chi connectivity index (χ1v) is 17.9. The fourth-order valence-corrected chi connectivity index (χ4v) is 6.25. The summed E-state index contributed by atoms with van der Waals surface area (Å²) in [4.78, 5) is 43.5. The van der Waals surface area contributed by atoms with E-state index in [-0.39, 0.29) is 39.5 Å². The summed E-state index contributed by atoms with van der Waals surface area (Å²) < 4.78 is 18.3. The Balaban J connectivity index is 1.65. The van der Waals surface area contributed by atoms with E-state index in [9.17, 15) is 20.1 Å². The average molecular weight is 757 g/mol. The lowest BCUT2D eigenvalue weighted by Crippen LogP contribution is -2.54. The number of nitrogens with zero attached hydrogens (tertiary/aromatic N) is 10. The number of carbonyl (C=O) groups excluding carboxylic acids is 2. The van der Waals surface area contributed by atoms with Crippen molar-refractivity contribution in [1.29, 1.82) is 10.5 Å². The summed E-state index contributed by atoms with van der Waals surface area (Å²) in [5.41, 5.74) is 0.409. The van der Waals surface area contributed by atoms with Crippen molar-refractivity contribution in [2.75, 3.05) is 48.0 Å². The van der Waals surface area contributed by atoms with Crippen molar-refractivity contribution in [3.8, 4) is 17.9 Å². The van der Waals surface area contributed by atoms with Crippen LogP contribution >= 0.6 is 11.6 Å². The number of anilines is 4. The number of rotatable bonds is 8. The Morgan fingerprint density at radius 3 is 2.26 bits per heavy atom. The molecule has 284 valence electrons. The molecular formula is C38H45ClN10O5. The third kappa shape index (κ3) is 8.69. The van der Waals surface area contributed by atoms with Crippen LogP contribution in [0.2, 0.25) is 5.02 Å². The maximum atomic E-state index is 14.3. The van der Waals surface area contributed by atoms with Crippen LogP contribution < -0.4 is 19.4 Å². The van der Waals surface area contributed by atoms with Gasteiger partial charge in [0.05, 0.1) is 41.3 Å². The monoisotopic (exact) mass is 756 g/mol. The molecule has 4 aromatic rings. The van der Waals surface area contributed by atoms with Gasteiger partial charge in [-0.3, -0.25) is 0 Å². The summed E-state index contributed by atoms with van der Waals surface area (Å²) in [5.74, 6) is 0.855. The first-order valence-electron chi connectivity index (χ1n) is 17.5. The maximum absolute atomic E-state index is 14.3. The number of fused-ring (bicyclic) bond motifs is 1. The lowest BCUT2D eigenvalue weighted by Gasteiger charge is -2.42. The van der Waals surface area contributed by atoms with Crippen LogP contribution in [0.25, 0.3) is 5.65 Å². The van der Waals surface area contributed by atoms with Gasteiger partial charge < -0.3 is 28.9 Å². The zero-order valence-corrected chi connectivity index (χ0v) is 32.8. The minimum absolute atomic E-state index is 0.0910. The zero-order valence-electron chi connectivity index (χ0n) is 32.0. The van der Waals surface area contributed by atoms with Gasteiger partial charge in [0.2, 0.25) is 11.9 Å². The fraction of sp³-hybridized carbons (Fsp3) is 0.447. The number of hydrogen-bond acceptors (Lipinski definition) is 12. The Hall–Kier alpha value is -5.80. The minimum atomic E-state index is -0.949. The molecule has 1 aliphatic heterocycles. The molecule has 0 aliphatic carbocycles. The predicted molar refractivity (Wildman–Crippen MR) is 204 cm³/mol. The van der Waals surface area contributed by atoms with E-state index < -0.39 is 23.4 Å². The number of aromatic nitrogens is 4. The summed E-state index contributed by atoms with van der Waals surface area (Å²) in [6.45, 7) is 16.4. The fourth-order valence-electron chi connectivity index (χ4n) is 5.94. The quantitative estimate of drug-likeness (QED) is 0.180. The summed E-state index contributed by atoms with van der Waals surface area (Å²) >= 11 is 7.25. The van der Waals surface area contributed by atoms with Crippen molar-refractivity contribution in [2.24, 2.45) is 0 Å². The first kappa shape index (κ1) is 39.4. The molecule has 0 bridgehead atoms. The number of amides is 2. The molecule has 1 saturated heterocycles. The van der Waals surface area contributed by atoms with E-state index >= 15 is 0 Å². The average Bonchev–Trinajstić information content (AvgIpc) is 3.53.